The number of nitrogens with zero attached hydrogens (tertiary/aromatic N) is 4. The Bertz CT molecular complexity index is 1200. The second-order valence-corrected chi connectivity index (χ2v) is 7.27. The molecule has 0 amide bonds. The number of hydrogen-bond acceptors (Lipinski definition) is 4. The Labute approximate surface area is 173 Å². The van der Waals surface area contributed by atoms with Crippen LogP contribution < -0.4 is 0 Å². The van der Waals surface area contributed by atoms with Crippen molar-refractivity contribution in [3.8, 4) is 17.2 Å². The van der Waals surface area contributed by atoms with Gasteiger partial charge in [0.15, 0.2) is 6.29 Å². The maximum Gasteiger partial charge on any atom is 0.166 e. The topological polar surface area (TPSA) is 72.8 Å². The number of carbonyl (C=O) groups excluding carboxylic acids is 1. The van der Waals surface area contributed by atoms with Crippen molar-refractivity contribution in [2.75, 3.05) is 13.7 Å². The summed E-state index contributed by atoms with van der Waals surface area (Å²) in [6.45, 7) is 0.936. The second-order valence-electron chi connectivity index (χ2n) is 7.27. The Hall–Kier alpha value is -3.50. The van der Waals surface area contributed by atoms with Crippen molar-refractivity contribution in [1.82, 2.24) is 14.3 Å². The SMILES string of the molecule is COCCn1c(C=O)cc(-c2ccc(C#N)c(F)c2)c1C1=Cc2cn(C)nc2CC1. The van der Waals surface area contributed by atoms with Gasteiger partial charge in [-0.05, 0) is 48.3 Å². The molecule has 0 saturated heterocycles. The Kier molecular flexibility index (Phi) is 5.34. The summed E-state index contributed by atoms with van der Waals surface area (Å²) in [6.07, 6.45) is 6.41. The first-order valence-corrected chi connectivity index (χ1v) is 9.66. The van der Waals surface area contributed by atoms with Crippen LogP contribution in [0.1, 0.15) is 39.4 Å². The van der Waals surface area contributed by atoms with E-state index in [4.69, 9.17) is 10.00 Å². The smallest absolute Gasteiger partial charge is 0.166 e. The molecule has 0 fully saturated rings. The van der Waals surface area contributed by atoms with E-state index in [0.717, 1.165) is 47.2 Å². The highest BCUT2D eigenvalue weighted by atomic mass is 19.1. The van der Waals surface area contributed by atoms with Gasteiger partial charge >= 0.3 is 0 Å². The van der Waals surface area contributed by atoms with Crippen molar-refractivity contribution in [3.63, 3.8) is 0 Å². The van der Waals surface area contributed by atoms with Gasteiger partial charge in [0, 0.05) is 38.0 Å². The number of nitriles is 1. The molecular formula is C23H21FN4O2. The molecule has 0 unspecified atom stereocenters. The van der Waals surface area contributed by atoms with E-state index in [9.17, 15) is 9.18 Å². The van der Waals surface area contributed by atoms with Gasteiger partial charge in [0.25, 0.3) is 0 Å². The van der Waals surface area contributed by atoms with Crippen molar-refractivity contribution in [2.45, 2.75) is 19.4 Å². The monoisotopic (exact) mass is 404 g/mol. The van der Waals surface area contributed by atoms with Crippen LogP contribution in [0.2, 0.25) is 0 Å². The number of aryl methyl sites for hydroxylation is 2. The van der Waals surface area contributed by atoms with E-state index in [-0.39, 0.29) is 5.56 Å². The molecule has 2 aromatic heterocycles. The van der Waals surface area contributed by atoms with Crippen molar-refractivity contribution >= 4 is 17.9 Å². The van der Waals surface area contributed by atoms with Gasteiger partial charge in [-0.25, -0.2) is 4.39 Å². The summed E-state index contributed by atoms with van der Waals surface area (Å²) >= 11 is 0. The lowest BCUT2D eigenvalue weighted by molar-refractivity contribution is 0.111. The third kappa shape index (κ3) is 3.46. The van der Waals surface area contributed by atoms with E-state index in [1.54, 1.807) is 23.9 Å². The highest BCUT2D eigenvalue weighted by Crippen LogP contribution is 2.38. The first-order valence-electron chi connectivity index (χ1n) is 9.66. The molecule has 4 rings (SSSR count). The van der Waals surface area contributed by atoms with E-state index in [1.807, 2.05) is 23.9 Å². The molecule has 0 spiro atoms. The molecule has 1 aromatic carbocycles. The Balaban J connectivity index is 1.92. The van der Waals surface area contributed by atoms with Crippen molar-refractivity contribution in [1.29, 1.82) is 5.26 Å². The first kappa shape index (κ1) is 19.8. The molecule has 0 radical (unpaired) electrons. The lowest BCUT2D eigenvalue weighted by Gasteiger charge is -2.18. The molecule has 2 heterocycles. The number of ether oxygens (including phenoxy) is 1. The summed E-state index contributed by atoms with van der Waals surface area (Å²) in [5.74, 6) is -0.578. The molecule has 0 N–H and O–H groups in total. The van der Waals surface area contributed by atoms with Crippen LogP contribution >= 0.6 is 0 Å². The van der Waals surface area contributed by atoms with Crippen LogP contribution in [-0.4, -0.2) is 34.4 Å². The van der Waals surface area contributed by atoms with Gasteiger partial charge in [-0.2, -0.15) is 10.4 Å². The highest BCUT2D eigenvalue weighted by Gasteiger charge is 2.23. The molecule has 0 aliphatic heterocycles. The molecule has 3 aromatic rings. The van der Waals surface area contributed by atoms with Gasteiger partial charge in [-0.1, -0.05) is 6.07 Å². The van der Waals surface area contributed by atoms with Crippen LogP contribution in [0.4, 0.5) is 4.39 Å². The number of halogens is 1. The minimum atomic E-state index is -0.578. The first-order chi connectivity index (χ1) is 14.5. The molecule has 30 heavy (non-hydrogen) atoms. The van der Waals surface area contributed by atoms with Gasteiger partial charge in [-0.15, -0.1) is 0 Å². The molecule has 1 aliphatic carbocycles. The van der Waals surface area contributed by atoms with Crippen LogP contribution in [0.25, 0.3) is 22.8 Å². The van der Waals surface area contributed by atoms with Crippen LogP contribution in [0, 0.1) is 17.1 Å². The summed E-state index contributed by atoms with van der Waals surface area (Å²) < 4.78 is 23.3. The fourth-order valence-electron chi connectivity index (χ4n) is 4.00. The third-order valence-electron chi connectivity index (χ3n) is 5.37. The lowest BCUT2D eigenvalue weighted by Crippen LogP contribution is -2.12. The zero-order valence-corrected chi connectivity index (χ0v) is 16.9. The quantitative estimate of drug-likeness (QED) is 0.585. The van der Waals surface area contributed by atoms with E-state index in [2.05, 4.69) is 11.2 Å². The predicted octanol–water partition coefficient (Wildman–Crippen LogP) is 3.85. The van der Waals surface area contributed by atoms with Gasteiger partial charge < -0.3 is 9.30 Å². The van der Waals surface area contributed by atoms with Gasteiger partial charge in [0.1, 0.15) is 11.9 Å². The number of aldehydes is 1. The maximum absolute atomic E-state index is 14.4. The maximum atomic E-state index is 14.4. The Morgan fingerprint density at radius 2 is 2.17 bits per heavy atom. The van der Waals surface area contributed by atoms with E-state index in [0.29, 0.717) is 24.4 Å². The van der Waals surface area contributed by atoms with E-state index >= 15 is 0 Å². The minimum Gasteiger partial charge on any atom is -0.383 e. The average Bonchev–Trinajstić information content (AvgIpc) is 3.30. The molecule has 0 bridgehead atoms. The molecule has 1 aliphatic rings. The van der Waals surface area contributed by atoms with E-state index < -0.39 is 5.82 Å². The number of allylic oxidation sites excluding steroid dienone is 1. The van der Waals surface area contributed by atoms with Crippen LogP contribution in [0.15, 0.2) is 30.5 Å². The summed E-state index contributed by atoms with van der Waals surface area (Å²) in [4.78, 5) is 11.8. The number of hydrogen-bond donors (Lipinski definition) is 0. The zero-order chi connectivity index (χ0) is 21.3. The number of methoxy groups -OCH3 is 1. The number of aromatic nitrogens is 3. The predicted molar refractivity (Wildman–Crippen MR) is 111 cm³/mol. The molecule has 152 valence electrons. The largest absolute Gasteiger partial charge is 0.383 e. The van der Waals surface area contributed by atoms with Gasteiger partial charge in [0.2, 0.25) is 0 Å². The normalized spacial score (nSPS) is 12.9. The summed E-state index contributed by atoms with van der Waals surface area (Å²) in [6, 6.07) is 8.16. The van der Waals surface area contributed by atoms with Gasteiger partial charge in [-0.3, -0.25) is 9.48 Å². The van der Waals surface area contributed by atoms with Crippen molar-refractivity contribution in [3.05, 3.63) is 64.5 Å². The minimum absolute atomic E-state index is 0.00777. The number of carbonyl (C=O) groups is 1. The molecule has 6 nitrogen and oxygen atoms in total. The summed E-state index contributed by atoms with van der Waals surface area (Å²) in [5, 5.41) is 13.5. The third-order valence-corrected chi connectivity index (χ3v) is 5.37. The zero-order valence-electron chi connectivity index (χ0n) is 16.9. The van der Waals surface area contributed by atoms with Crippen LogP contribution in [-0.2, 0) is 24.8 Å². The molecule has 0 saturated carbocycles. The molecule has 0 atom stereocenters. The number of fused-ring (bicyclic) bond motifs is 1. The van der Waals surface area contributed by atoms with Gasteiger partial charge in [0.05, 0.1) is 29.3 Å². The van der Waals surface area contributed by atoms with Crippen molar-refractivity contribution in [2.24, 2.45) is 7.05 Å². The molecule has 7 heteroatoms. The average molecular weight is 404 g/mol. The fraction of sp³-hybridized carbons (Fsp3) is 0.261. The number of rotatable bonds is 6. The molecular weight excluding hydrogens is 383 g/mol. The summed E-state index contributed by atoms with van der Waals surface area (Å²) in [7, 11) is 3.50. The van der Waals surface area contributed by atoms with Crippen molar-refractivity contribution < 1.29 is 13.9 Å². The number of benzene rings is 1. The summed E-state index contributed by atoms with van der Waals surface area (Å²) in [5.41, 5.74) is 5.88. The second kappa shape index (κ2) is 8.09. The lowest BCUT2D eigenvalue weighted by atomic mass is 9.92. The van der Waals surface area contributed by atoms with Crippen LogP contribution in [0.5, 0.6) is 0 Å². The highest BCUT2D eigenvalue weighted by molar-refractivity contribution is 5.92. The Morgan fingerprint density at radius 1 is 1.33 bits per heavy atom. The standard InChI is InChI=1S/C23H21FN4O2/c1-27-13-18-9-16(5-6-22(18)26-27)23-20(11-19(14-29)28(23)7-8-30-2)15-3-4-17(12-25)21(24)10-15/h3-4,9-11,13-14H,5-8H2,1-2H3. The Morgan fingerprint density at radius 3 is 2.87 bits per heavy atom. The van der Waals surface area contributed by atoms with Crippen LogP contribution in [0.3, 0.4) is 0 Å². The fourth-order valence-corrected chi connectivity index (χ4v) is 4.00. The van der Waals surface area contributed by atoms with E-state index in [1.165, 1.54) is 12.1 Å².